The van der Waals surface area contributed by atoms with E-state index in [1.165, 1.54) is 12.8 Å². The predicted molar refractivity (Wildman–Crippen MR) is 61.5 cm³/mol. The second kappa shape index (κ2) is 5.53. The van der Waals surface area contributed by atoms with Gasteiger partial charge < -0.3 is 4.74 Å². The third-order valence-corrected chi connectivity index (χ3v) is 3.53. The Morgan fingerprint density at radius 2 is 2.07 bits per heavy atom. The van der Waals surface area contributed by atoms with Gasteiger partial charge in [-0.25, -0.2) is 0 Å². The van der Waals surface area contributed by atoms with Crippen molar-refractivity contribution in [1.29, 1.82) is 0 Å². The van der Waals surface area contributed by atoms with Crippen LogP contribution in [0.25, 0.3) is 0 Å². The fourth-order valence-corrected chi connectivity index (χ4v) is 2.50. The monoisotopic (exact) mass is 212 g/mol. The molecule has 1 rings (SSSR count). The van der Waals surface area contributed by atoms with Crippen LogP contribution in [0.5, 0.6) is 0 Å². The number of rotatable bonds is 3. The molecule has 1 aliphatic rings. The summed E-state index contributed by atoms with van der Waals surface area (Å²) in [6, 6.07) is 0. The molecular weight excluding hydrogens is 188 g/mol. The summed E-state index contributed by atoms with van der Waals surface area (Å²) >= 11 is 0. The zero-order chi connectivity index (χ0) is 11.4. The lowest BCUT2D eigenvalue weighted by molar-refractivity contribution is -0.155. The number of hydrogen-bond acceptors (Lipinski definition) is 2. The van der Waals surface area contributed by atoms with Gasteiger partial charge in [-0.1, -0.05) is 34.1 Å². The average molecular weight is 212 g/mol. The second-order valence-corrected chi connectivity index (χ2v) is 5.21. The Balaban J connectivity index is 2.57. The molecule has 0 bridgehead atoms. The lowest BCUT2D eigenvalue weighted by Crippen LogP contribution is -2.35. The number of esters is 1. The van der Waals surface area contributed by atoms with Crippen LogP contribution in [0, 0.1) is 17.8 Å². The summed E-state index contributed by atoms with van der Waals surface area (Å²) in [4.78, 5) is 11.3. The molecule has 0 aromatic heterocycles. The highest BCUT2D eigenvalue weighted by molar-refractivity contribution is 5.69. The Labute approximate surface area is 93.4 Å². The van der Waals surface area contributed by atoms with Gasteiger partial charge in [0, 0.05) is 6.42 Å². The van der Waals surface area contributed by atoms with Gasteiger partial charge in [-0.05, 0) is 30.6 Å². The van der Waals surface area contributed by atoms with Crippen LogP contribution in [0.3, 0.4) is 0 Å². The fraction of sp³-hybridized carbons (Fsp3) is 0.923. The minimum Gasteiger partial charge on any atom is -0.462 e. The van der Waals surface area contributed by atoms with Crippen molar-refractivity contribution in [2.75, 3.05) is 0 Å². The molecule has 88 valence electrons. The van der Waals surface area contributed by atoms with Crippen LogP contribution < -0.4 is 0 Å². The molecule has 1 saturated carbocycles. The zero-order valence-electron chi connectivity index (χ0n) is 10.5. The lowest BCUT2D eigenvalue weighted by Gasteiger charge is -2.36. The Kier molecular flexibility index (Phi) is 4.62. The van der Waals surface area contributed by atoms with E-state index in [-0.39, 0.29) is 12.1 Å². The van der Waals surface area contributed by atoms with Gasteiger partial charge in [0.05, 0.1) is 0 Å². The molecule has 0 aromatic carbocycles. The van der Waals surface area contributed by atoms with Crippen molar-refractivity contribution in [3.8, 4) is 0 Å². The molecule has 2 heteroatoms. The Bertz CT molecular complexity index is 211. The van der Waals surface area contributed by atoms with Crippen LogP contribution in [-0.4, -0.2) is 12.1 Å². The van der Waals surface area contributed by atoms with Crippen molar-refractivity contribution in [2.24, 2.45) is 17.8 Å². The predicted octanol–water partition coefficient (Wildman–Crippen LogP) is 3.40. The minimum atomic E-state index is -0.0419. The smallest absolute Gasteiger partial charge is 0.305 e. The molecule has 0 saturated heterocycles. The van der Waals surface area contributed by atoms with Crippen LogP contribution >= 0.6 is 0 Å². The third-order valence-electron chi connectivity index (χ3n) is 3.53. The summed E-state index contributed by atoms with van der Waals surface area (Å²) in [5.74, 6) is 1.85. The third kappa shape index (κ3) is 3.51. The maximum Gasteiger partial charge on any atom is 0.305 e. The van der Waals surface area contributed by atoms with Crippen LogP contribution in [0.4, 0.5) is 0 Å². The van der Waals surface area contributed by atoms with Gasteiger partial charge in [0.2, 0.25) is 0 Å². The standard InChI is InChI=1S/C13H24O2/c1-5-13(14)15-12-8-10(4)6-7-11(12)9(2)3/h9-12H,5-8H2,1-4H3/t10-,11+,12+/m1/s1. The molecular formula is C13H24O2. The lowest BCUT2D eigenvalue weighted by atomic mass is 9.75. The summed E-state index contributed by atoms with van der Waals surface area (Å²) in [5, 5.41) is 0. The van der Waals surface area contributed by atoms with E-state index >= 15 is 0 Å². The molecule has 2 nitrogen and oxygen atoms in total. The first-order valence-electron chi connectivity index (χ1n) is 6.24. The summed E-state index contributed by atoms with van der Waals surface area (Å²) in [7, 11) is 0. The number of ether oxygens (including phenoxy) is 1. The SMILES string of the molecule is CCC(=O)O[C@H]1C[C@H](C)CC[C@H]1C(C)C. The average Bonchev–Trinajstić information content (AvgIpc) is 2.17. The maximum atomic E-state index is 11.3. The summed E-state index contributed by atoms with van der Waals surface area (Å²) in [6.45, 7) is 8.57. The fourth-order valence-electron chi connectivity index (χ4n) is 2.50. The van der Waals surface area contributed by atoms with Crippen molar-refractivity contribution in [3.63, 3.8) is 0 Å². The van der Waals surface area contributed by atoms with Crippen LogP contribution in [0.15, 0.2) is 0 Å². The van der Waals surface area contributed by atoms with E-state index in [1.54, 1.807) is 0 Å². The van der Waals surface area contributed by atoms with Crippen molar-refractivity contribution in [3.05, 3.63) is 0 Å². The van der Waals surface area contributed by atoms with E-state index in [2.05, 4.69) is 20.8 Å². The van der Waals surface area contributed by atoms with Crippen LogP contribution in [0.2, 0.25) is 0 Å². The topological polar surface area (TPSA) is 26.3 Å². The number of carbonyl (C=O) groups is 1. The Morgan fingerprint density at radius 1 is 1.40 bits per heavy atom. The van der Waals surface area contributed by atoms with Crippen molar-refractivity contribution < 1.29 is 9.53 Å². The molecule has 0 radical (unpaired) electrons. The van der Waals surface area contributed by atoms with Gasteiger partial charge in [0.25, 0.3) is 0 Å². The Morgan fingerprint density at radius 3 is 2.60 bits per heavy atom. The maximum absolute atomic E-state index is 11.3. The van der Waals surface area contributed by atoms with E-state index in [9.17, 15) is 4.79 Å². The highest BCUT2D eigenvalue weighted by Crippen LogP contribution is 2.35. The molecule has 0 N–H and O–H groups in total. The highest BCUT2D eigenvalue weighted by atomic mass is 16.5. The first-order valence-corrected chi connectivity index (χ1v) is 6.24. The summed E-state index contributed by atoms with van der Waals surface area (Å²) in [5.41, 5.74) is 0. The number of hydrogen-bond donors (Lipinski definition) is 0. The highest BCUT2D eigenvalue weighted by Gasteiger charge is 2.32. The largest absolute Gasteiger partial charge is 0.462 e. The molecule has 0 aromatic rings. The van der Waals surface area contributed by atoms with E-state index in [0.29, 0.717) is 24.2 Å². The van der Waals surface area contributed by atoms with Crippen molar-refractivity contribution >= 4 is 5.97 Å². The van der Waals surface area contributed by atoms with Crippen LogP contribution in [0.1, 0.15) is 53.4 Å². The van der Waals surface area contributed by atoms with Gasteiger partial charge in [0.1, 0.15) is 6.10 Å². The van der Waals surface area contributed by atoms with E-state index in [4.69, 9.17) is 4.74 Å². The van der Waals surface area contributed by atoms with Gasteiger partial charge in [-0.15, -0.1) is 0 Å². The van der Waals surface area contributed by atoms with Gasteiger partial charge in [0.15, 0.2) is 0 Å². The van der Waals surface area contributed by atoms with Gasteiger partial charge in [-0.3, -0.25) is 4.79 Å². The normalized spacial score (nSPS) is 31.7. The van der Waals surface area contributed by atoms with Crippen molar-refractivity contribution in [1.82, 2.24) is 0 Å². The summed E-state index contributed by atoms with van der Waals surface area (Å²) in [6.07, 6.45) is 4.20. The molecule has 1 fully saturated rings. The molecule has 1 aliphatic carbocycles. The molecule has 0 amide bonds. The molecule has 3 atom stereocenters. The molecule has 0 aliphatic heterocycles. The number of carbonyl (C=O) groups excluding carboxylic acids is 1. The van der Waals surface area contributed by atoms with E-state index in [1.807, 2.05) is 6.92 Å². The first kappa shape index (κ1) is 12.5. The quantitative estimate of drug-likeness (QED) is 0.670. The molecule has 0 heterocycles. The van der Waals surface area contributed by atoms with Crippen molar-refractivity contribution in [2.45, 2.75) is 59.5 Å². The zero-order valence-corrected chi connectivity index (χ0v) is 10.5. The molecule has 0 spiro atoms. The molecule has 15 heavy (non-hydrogen) atoms. The van der Waals surface area contributed by atoms with Crippen LogP contribution in [-0.2, 0) is 9.53 Å². The second-order valence-electron chi connectivity index (χ2n) is 5.21. The van der Waals surface area contributed by atoms with Gasteiger partial charge in [-0.2, -0.15) is 0 Å². The van der Waals surface area contributed by atoms with Gasteiger partial charge >= 0.3 is 5.97 Å². The van der Waals surface area contributed by atoms with E-state index in [0.717, 1.165) is 6.42 Å². The van der Waals surface area contributed by atoms with E-state index < -0.39 is 0 Å². The summed E-state index contributed by atoms with van der Waals surface area (Å²) < 4.78 is 5.55. The minimum absolute atomic E-state index is 0.0419. The first-order chi connectivity index (χ1) is 7.04. The molecule has 0 unspecified atom stereocenters. The Hall–Kier alpha value is -0.530.